The number of nitrogens with zero attached hydrogens (tertiary/aromatic N) is 1. The molecule has 1 aliphatic rings. The fourth-order valence-corrected chi connectivity index (χ4v) is 2.78. The molecule has 1 atom stereocenters. The van der Waals surface area contributed by atoms with Crippen molar-refractivity contribution in [3.8, 4) is 0 Å². The van der Waals surface area contributed by atoms with Crippen molar-refractivity contribution in [2.24, 2.45) is 0 Å². The van der Waals surface area contributed by atoms with Crippen LogP contribution in [0, 0.1) is 6.92 Å². The number of hydrogen-bond donors (Lipinski definition) is 2. The Bertz CT molecular complexity index is 319. The monoisotopic (exact) mass is 211 g/mol. The molecule has 2 heterocycles. The average molecular weight is 211 g/mol. The van der Waals surface area contributed by atoms with Crippen LogP contribution < -0.4 is 5.32 Å². The van der Waals surface area contributed by atoms with Crippen LogP contribution in [0.4, 0.5) is 0 Å². The summed E-state index contributed by atoms with van der Waals surface area (Å²) in [4.78, 5) is 0. The minimum absolute atomic E-state index is 0.397. The molecule has 1 aliphatic heterocycles. The minimum Gasteiger partial charge on any atom is -0.306 e. The summed E-state index contributed by atoms with van der Waals surface area (Å²) in [5.41, 5.74) is 2.44. The van der Waals surface area contributed by atoms with Gasteiger partial charge in [0.05, 0.1) is 11.9 Å². The summed E-state index contributed by atoms with van der Waals surface area (Å²) in [6, 6.07) is 0.634. The van der Waals surface area contributed by atoms with Gasteiger partial charge in [-0.05, 0) is 26.3 Å². The summed E-state index contributed by atoms with van der Waals surface area (Å²) < 4.78 is 0.397. The molecule has 1 fully saturated rings. The van der Waals surface area contributed by atoms with E-state index in [1.807, 2.05) is 18.0 Å². The van der Waals surface area contributed by atoms with E-state index in [4.69, 9.17) is 0 Å². The average Bonchev–Trinajstić information content (AvgIpc) is 2.50. The molecule has 14 heavy (non-hydrogen) atoms. The SMILES string of the molecule is Cc1cn[nH]c1CNC1CSC1(C)C. The van der Waals surface area contributed by atoms with E-state index < -0.39 is 0 Å². The second-order valence-electron chi connectivity index (χ2n) is 4.38. The summed E-state index contributed by atoms with van der Waals surface area (Å²) in [7, 11) is 0. The summed E-state index contributed by atoms with van der Waals surface area (Å²) >= 11 is 2.02. The molecule has 0 aromatic carbocycles. The number of H-pyrrole nitrogens is 1. The van der Waals surface area contributed by atoms with Gasteiger partial charge in [0.15, 0.2) is 0 Å². The second-order valence-corrected chi connectivity index (χ2v) is 6.05. The quantitative estimate of drug-likeness (QED) is 0.799. The van der Waals surface area contributed by atoms with Gasteiger partial charge in [0, 0.05) is 23.1 Å². The van der Waals surface area contributed by atoms with E-state index in [1.165, 1.54) is 17.0 Å². The number of nitrogens with one attached hydrogen (secondary N) is 2. The molecular formula is C10H17N3S. The summed E-state index contributed by atoms with van der Waals surface area (Å²) in [6.45, 7) is 7.57. The zero-order valence-corrected chi connectivity index (χ0v) is 9.74. The molecule has 0 spiro atoms. The van der Waals surface area contributed by atoms with Gasteiger partial charge in [-0.2, -0.15) is 16.9 Å². The number of rotatable bonds is 3. The molecule has 1 unspecified atom stereocenters. The van der Waals surface area contributed by atoms with Gasteiger partial charge in [-0.1, -0.05) is 0 Å². The van der Waals surface area contributed by atoms with Gasteiger partial charge in [0.25, 0.3) is 0 Å². The van der Waals surface area contributed by atoms with Crippen molar-refractivity contribution in [2.45, 2.75) is 38.1 Å². The van der Waals surface area contributed by atoms with Crippen molar-refractivity contribution in [3.63, 3.8) is 0 Å². The van der Waals surface area contributed by atoms with Crippen LogP contribution in [0.2, 0.25) is 0 Å². The molecule has 0 bridgehead atoms. The molecule has 1 aromatic heterocycles. The lowest BCUT2D eigenvalue weighted by Crippen LogP contribution is -2.54. The van der Waals surface area contributed by atoms with E-state index in [-0.39, 0.29) is 0 Å². The first-order chi connectivity index (χ1) is 6.59. The number of aryl methyl sites for hydroxylation is 1. The number of aromatic amines is 1. The van der Waals surface area contributed by atoms with Gasteiger partial charge in [0.2, 0.25) is 0 Å². The van der Waals surface area contributed by atoms with E-state index in [2.05, 4.69) is 36.3 Å². The van der Waals surface area contributed by atoms with Crippen molar-refractivity contribution in [1.29, 1.82) is 0 Å². The van der Waals surface area contributed by atoms with Crippen LogP contribution in [-0.2, 0) is 6.54 Å². The highest BCUT2D eigenvalue weighted by molar-refractivity contribution is 8.02. The van der Waals surface area contributed by atoms with Gasteiger partial charge >= 0.3 is 0 Å². The van der Waals surface area contributed by atoms with Gasteiger partial charge < -0.3 is 5.32 Å². The molecule has 2 rings (SSSR count). The Morgan fingerprint density at radius 2 is 2.50 bits per heavy atom. The van der Waals surface area contributed by atoms with Gasteiger partial charge in [-0.15, -0.1) is 0 Å². The summed E-state index contributed by atoms with van der Waals surface area (Å²) in [5, 5.41) is 10.6. The maximum Gasteiger partial charge on any atom is 0.0519 e. The Morgan fingerprint density at radius 3 is 2.93 bits per heavy atom. The topological polar surface area (TPSA) is 40.7 Å². The van der Waals surface area contributed by atoms with Crippen LogP contribution in [0.15, 0.2) is 6.20 Å². The first-order valence-corrected chi connectivity index (χ1v) is 5.94. The van der Waals surface area contributed by atoms with Gasteiger partial charge in [0.1, 0.15) is 0 Å². The lowest BCUT2D eigenvalue weighted by atomic mass is 10.0. The molecule has 3 nitrogen and oxygen atoms in total. The van der Waals surface area contributed by atoms with Crippen LogP contribution in [-0.4, -0.2) is 26.7 Å². The molecule has 78 valence electrons. The smallest absolute Gasteiger partial charge is 0.0519 e. The normalized spacial score (nSPS) is 24.6. The Balaban J connectivity index is 1.87. The maximum atomic E-state index is 4.01. The Kier molecular flexibility index (Phi) is 2.58. The Hall–Kier alpha value is -0.480. The van der Waals surface area contributed by atoms with Gasteiger partial charge in [-0.3, -0.25) is 5.10 Å². The predicted octanol–water partition coefficient (Wildman–Crippen LogP) is 1.70. The largest absolute Gasteiger partial charge is 0.306 e. The van der Waals surface area contributed by atoms with E-state index in [9.17, 15) is 0 Å². The Labute approximate surface area is 89.1 Å². The fourth-order valence-electron chi connectivity index (χ4n) is 1.58. The zero-order chi connectivity index (χ0) is 10.2. The molecule has 0 amide bonds. The summed E-state index contributed by atoms with van der Waals surface area (Å²) in [5.74, 6) is 1.22. The lowest BCUT2D eigenvalue weighted by Gasteiger charge is -2.44. The van der Waals surface area contributed by atoms with Crippen molar-refractivity contribution in [3.05, 3.63) is 17.5 Å². The lowest BCUT2D eigenvalue weighted by molar-refractivity contribution is 0.433. The molecule has 1 saturated heterocycles. The molecular weight excluding hydrogens is 194 g/mol. The number of hydrogen-bond acceptors (Lipinski definition) is 3. The van der Waals surface area contributed by atoms with Crippen molar-refractivity contribution in [1.82, 2.24) is 15.5 Å². The van der Waals surface area contributed by atoms with Crippen LogP contribution in [0.1, 0.15) is 25.1 Å². The molecule has 0 radical (unpaired) electrons. The first kappa shape index (κ1) is 10.1. The number of thioether (sulfide) groups is 1. The van der Waals surface area contributed by atoms with E-state index in [1.54, 1.807) is 0 Å². The van der Waals surface area contributed by atoms with E-state index in [0.29, 0.717) is 10.8 Å². The zero-order valence-electron chi connectivity index (χ0n) is 8.92. The van der Waals surface area contributed by atoms with Crippen molar-refractivity contribution >= 4 is 11.8 Å². The van der Waals surface area contributed by atoms with Crippen LogP contribution in [0.3, 0.4) is 0 Å². The summed E-state index contributed by atoms with van der Waals surface area (Å²) in [6.07, 6.45) is 1.87. The first-order valence-electron chi connectivity index (χ1n) is 4.96. The molecule has 1 aromatic rings. The maximum absolute atomic E-state index is 4.01. The molecule has 0 aliphatic carbocycles. The van der Waals surface area contributed by atoms with Gasteiger partial charge in [-0.25, -0.2) is 0 Å². The third-order valence-corrected chi connectivity index (χ3v) is 4.45. The van der Waals surface area contributed by atoms with Crippen LogP contribution in [0.5, 0.6) is 0 Å². The second kappa shape index (κ2) is 3.59. The van der Waals surface area contributed by atoms with Crippen LogP contribution >= 0.6 is 11.8 Å². The molecule has 4 heteroatoms. The van der Waals surface area contributed by atoms with Crippen LogP contribution in [0.25, 0.3) is 0 Å². The highest BCUT2D eigenvalue weighted by Gasteiger charge is 2.38. The van der Waals surface area contributed by atoms with E-state index in [0.717, 1.165) is 6.54 Å². The molecule has 0 saturated carbocycles. The third kappa shape index (κ3) is 1.81. The highest BCUT2D eigenvalue weighted by atomic mass is 32.2. The third-order valence-electron chi connectivity index (χ3n) is 2.92. The van der Waals surface area contributed by atoms with E-state index >= 15 is 0 Å². The minimum atomic E-state index is 0.397. The van der Waals surface area contributed by atoms with Crippen molar-refractivity contribution in [2.75, 3.05) is 5.75 Å². The Morgan fingerprint density at radius 1 is 1.71 bits per heavy atom. The number of aromatic nitrogens is 2. The predicted molar refractivity (Wildman–Crippen MR) is 60.5 cm³/mol. The highest BCUT2D eigenvalue weighted by Crippen LogP contribution is 2.39. The fraction of sp³-hybridized carbons (Fsp3) is 0.700. The molecule has 2 N–H and O–H groups in total. The standard InChI is InChI=1S/C10H17N3S/c1-7-4-12-13-8(7)5-11-9-6-14-10(9,2)3/h4,9,11H,5-6H2,1-3H3,(H,12,13). The van der Waals surface area contributed by atoms with Crippen molar-refractivity contribution < 1.29 is 0 Å².